The summed E-state index contributed by atoms with van der Waals surface area (Å²) in [5, 5.41) is 7.16. The molecule has 0 aliphatic carbocycles. The van der Waals surface area contributed by atoms with Crippen LogP contribution in [-0.2, 0) is 6.54 Å². The van der Waals surface area contributed by atoms with Crippen molar-refractivity contribution in [3.8, 4) is 0 Å². The van der Waals surface area contributed by atoms with E-state index in [-0.39, 0.29) is 5.82 Å². The van der Waals surface area contributed by atoms with Gasteiger partial charge in [-0.25, -0.2) is 4.39 Å². The molecule has 0 aliphatic heterocycles. The summed E-state index contributed by atoms with van der Waals surface area (Å²) in [7, 11) is 0. The quantitative estimate of drug-likeness (QED) is 0.838. The molecule has 2 heterocycles. The zero-order valence-electron chi connectivity index (χ0n) is 7.40. The molecule has 0 spiro atoms. The van der Waals surface area contributed by atoms with Crippen LogP contribution in [0.2, 0.25) is 0 Å². The number of pyridine rings is 1. The van der Waals surface area contributed by atoms with E-state index in [1.807, 2.05) is 11.4 Å². The number of hydrogen-bond donors (Lipinski definition) is 1. The number of rotatable bonds is 3. The zero-order valence-corrected chi connectivity index (χ0v) is 8.22. The van der Waals surface area contributed by atoms with E-state index in [0.29, 0.717) is 12.2 Å². The van der Waals surface area contributed by atoms with Crippen LogP contribution in [0.3, 0.4) is 0 Å². The van der Waals surface area contributed by atoms with Gasteiger partial charge in [-0.2, -0.15) is 11.3 Å². The highest BCUT2D eigenvalue weighted by molar-refractivity contribution is 7.07. The lowest BCUT2D eigenvalue weighted by Gasteiger charge is -2.03. The third kappa shape index (κ3) is 2.29. The number of thiophene rings is 1. The molecule has 1 N–H and O–H groups in total. The fourth-order valence-corrected chi connectivity index (χ4v) is 1.77. The van der Waals surface area contributed by atoms with Crippen molar-refractivity contribution in [3.05, 3.63) is 46.7 Å². The van der Waals surface area contributed by atoms with Crippen LogP contribution in [0, 0.1) is 5.82 Å². The molecule has 4 heteroatoms. The maximum atomic E-state index is 12.7. The summed E-state index contributed by atoms with van der Waals surface area (Å²) >= 11 is 1.65. The van der Waals surface area contributed by atoms with Gasteiger partial charge in [0.05, 0.1) is 18.1 Å². The molecule has 2 aromatic heterocycles. The first-order valence-electron chi connectivity index (χ1n) is 4.20. The molecule has 0 unspecified atom stereocenters. The summed E-state index contributed by atoms with van der Waals surface area (Å²) in [6.07, 6.45) is 2.80. The van der Waals surface area contributed by atoms with Crippen LogP contribution >= 0.6 is 11.3 Å². The normalized spacial score (nSPS) is 10.1. The fraction of sp³-hybridized carbons (Fsp3) is 0.100. The number of halogens is 1. The number of aromatic nitrogens is 1. The first kappa shape index (κ1) is 9.15. The Morgan fingerprint density at radius 3 is 3.07 bits per heavy atom. The lowest BCUT2D eigenvalue weighted by molar-refractivity contribution is 0.622. The predicted molar refractivity (Wildman–Crippen MR) is 55.8 cm³/mol. The molecule has 0 bridgehead atoms. The van der Waals surface area contributed by atoms with Gasteiger partial charge in [0.1, 0.15) is 5.82 Å². The van der Waals surface area contributed by atoms with Gasteiger partial charge in [-0.15, -0.1) is 0 Å². The monoisotopic (exact) mass is 208 g/mol. The molecule has 0 fully saturated rings. The Labute approximate surface area is 85.4 Å². The van der Waals surface area contributed by atoms with Crippen LogP contribution < -0.4 is 5.32 Å². The van der Waals surface area contributed by atoms with E-state index in [2.05, 4.69) is 15.7 Å². The summed E-state index contributed by atoms with van der Waals surface area (Å²) in [5.41, 5.74) is 1.90. The molecule has 72 valence electrons. The second kappa shape index (κ2) is 4.19. The summed E-state index contributed by atoms with van der Waals surface area (Å²) in [6, 6.07) is 3.46. The Balaban J connectivity index is 1.98. The Morgan fingerprint density at radius 2 is 2.36 bits per heavy atom. The van der Waals surface area contributed by atoms with Gasteiger partial charge < -0.3 is 5.32 Å². The minimum atomic E-state index is -0.319. The van der Waals surface area contributed by atoms with Crippen molar-refractivity contribution in [3.63, 3.8) is 0 Å². The molecule has 0 radical (unpaired) electrons. The Kier molecular flexibility index (Phi) is 2.74. The van der Waals surface area contributed by atoms with Gasteiger partial charge >= 0.3 is 0 Å². The van der Waals surface area contributed by atoms with Gasteiger partial charge in [0.15, 0.2) is 0 Å². The largest absolute Gasteiger partial charge is 0.380 e. The van der Waals surface area contributed by atoms with Crippen LogP contribution in [0.15, 0.2) is 35.3 Å². The third-order valence-corrected chi connectivity index (χ3v) is 2.51. The van der Waals surface area contributed by atoms with Crippen LogP contribution in [0.1, 0.15) is 5.56 Å². The van der Waals surface area contributed by atoms with E-state index in [4.69, 9.17) is 0 Å². The van der Waals surface area contributed by atoms with Gasteiger partial charge in [-0.3, -0.25) is 4.98 Å². The second-order valence-corrected chi connectivity index (χ2v) is 3.66. The van der Waals surface area contributed by atoms with Gasteiger partial charge in [0.25, 0.3) is 0 Å². The van der Waals surface area contributed by atoms with Gasteiger partial charge in [-0.1, -0.05) is 0 Å². The third-order valence-electron chi connectivity index (χ3n) is 1.78. The number of anilines is 1. The Morgan fingerprint density at radius 1 is 1.43 bits per heavy atom. The van der Waals surface area contributed by atoms with Crippen LogP contribution in [0.4, 0.5) is 10.1 Å². The van der Waals surface area contributed by atoms with E-state index < -0.39 is 0 Å². The Bertz CT molecular complexity index is 400. The highest BCUT2D eigenvalue weighted by Gasteiger charge is 1.96. The number of hydrogen-bond acceptors (Lipinski definition) is 3. The lowest BCUT2D eigenvalue weighted by Crippen LogP contribution is -1.98. The molecule has 0 amide bonds. The lowest BCUT2D eigenvalue weighted by atomic mass is 10.3. The molecule has 14 heavy (non-hydrogen) atoms. The van der Waals surface area contributed by atoms with Crippen molar-refractivity contribution >= 4 is 17.0 Å². The average Bonchev–Trinajstić information content (AvgIpc) is 2.67. The molecule has 2 rings (SSSR count). The van der Waals surface area contributed by atoms with Crippen LogP contribution in [0.5, 0.6) is 0 Å². The smallest absolute Gasteiger partial charge is 0.143 e. The maximum Gasteiger partial charge on any atom is 0.143 e. The van der Waals surface area contributed by atoms with Gasteiger partial charge in [0, 0.05) is 12.6 Å². The van der Waals surface area contributed by atoms with E-state index in [0.717, 1.165) is 0 Å². The molecular formula is C10H9FN2S. The molecule has 0 aliphatic rings. The highest BCUT2D eigenvalue weighted by atomic mass is 32.1. The van der Waals surface area contributed by atoms with Crippen molar-refractivity contribution in [1.29, 1.82) is 0 Å². The fourth-order valence-electron chi connectivity index (χ4n) is 1.11. The second-order valence-electron chi connectivity index (χ2n) is 2.88. The number of nitrogens with one attached hydrogen (secondary N) is 1. The zero-order chi connectivity index (χ0) is 9.80. The van der Waals surface area contributed by atoms with E-state index in [1.54, 1.807) is 17.5 Å². The highest BCUT2D eigenvalue weighted by Crippen LogP contribution is 2.11. The summed E-state index contributed by atoms with van der Waals surface area (Å²) < 4.78 is 12.7. The minimum Gasteiger partial charge on any atom is -0.380 e. The molecule has 0 saturated heterocycles. The van der Waals surface area contributed by atoms with Gasteiger partial charge in [0.2, 0.25) is 0 Å². The van der Waals surface area contributed by atoms with Crippen molar-refractivity contribution in [1.82, 2.24) is 4.98 Å². The van der Waals surface area contributed by atoms with E-state index in [9.17, 15) is 4.39 Å². The van der Waals surface area contributed by atoms with E-state index >= 15 is 0 Å². The Hall–Kier alpha value is -1.42. The standard InChI is InChI=1S/C10H9FN2S/c11-9-3-10(6-12-5-9)13-4-8-1-2-14-7-8/h1-3,5-7,13H,4H2. The topological polar surface area (TPSA) is 24.9 Å². The SMILES string of the molecule is Fc1cncc(NCc2ccsc2)c1. The summed E-state index contributed by atoms with van der Waals surface area (Å²) in [4.78, 5) is 3.75. The average molecular weight is 208 g/mol. The van der Waals surface area contributed by atoms with Crippen molar-refractivity contribution in [2.24, 2.45) is 0 Å². The predicted octanol–water partition coefficient (Wildman–Crippen LogP) is 2.89. The molecule has 0 saturated carbocycles. The molecular weight excluding hydrogens is 199 g/mol. The van der Waals surface area contributed by atoms with Crippen LogP contribution in [0.25, 0.3) is 0 Å². The minimum absolute atomic E-state index is 0.319. The summed E-state index contributed by atoms with van der Waals surface area (Å²) in [5.74, 6) is -0.319. The van der Waals surface area contributed by atoms with Crippen molar-refractivity contribution in [2.45, 2.75) is 6.54 Å². The number of nitrogens with zero attached hydrogens (tertiary/aromatic N) is 1. The molecule has 2 nitrogen and oxygen atoms in total. The van der Waals surface area contributed by atoms with Crippen molar-refractivity contribution in [2.75, 3.05) is 5.32 Å². The first-order valence-corrected chi connectivity index (χ1v) is 5.14. The molecule has 0 atom stereocenters. The maximum absolute atomic E-state index is 12.7. The molecule has 2 aromatic rings. The van der Waals surface area contributed by atoms with Crippen LogP contribution in [-0.4, -0.2) is 4.98 Å². The van der Waals surface area contributed by atoms with Crippen molar-refractivity contribution < 1.29 is 4.39 Å². The van der Waals surface area contributed by atoms with E-state index in [1.165, 1.54) is 17.8 Å². The molecule has 0 aromatic carbocycles. The summed E-state index contributed by atoms with van der Waals surface area (Å²) in [6.45, 7) is 0.703. The van der Waals surface area contributed by atoms with Gasteiger partial charge in [-0.05, 0) is 22.4 Å². The first-order chi connectivity index (χ1) is 6.84.